The maximum Gasteiger partial charge on any atom is 0.232 e. The fraction of sp³-hybridized carbons (Fsp3) is 0.872. The van der Waals surface area contributed by atoms with Crippen LogP contribution in [0, 0.1) is 17.3 Å². The largest absolute Gasteiger partial charge is 0.380 e. The number of amides is 5. The Labute approximate surface area is 313 Å². The number of hydrogen-bond donors (Lipinski definition) is 2. The molecule has 1 rings (SSSR count). The molecule has 0 spiro atoms. The average Bonchev–Trinajstić information content (AvgIpc) is 3.29. The smallest absolute Gasteiger partial charge is 0.232 e. The number of carbonyl (C=O) groups excluding carboxylic acids is 5. The van der Waals surface area contributed by atoms with Crippen LogP contribution in [-0.2, 0) is 42.9 Å². The summed E-state index contributed by atoms with van der Waals surface area (Å²) in [6.07, 6.45) is 4.04. The third-order valence-electron chi connectivity index (χ3n) is 9.29. The minimum absolute atomic E-state index is 0.0124. The fourth-order valence-corrected chi connectivity index (χ4v) is 5.38. The molecule has 302 valence electrons. The summed E-state index contributed by atoms with van der Waals surface area (Å²) < 4.78 is 23.4. The van der Waals surface area contributed by atoms with Crippen molar-refractivity contribution in [2.24, 2.45) is 17.3 Å². The van der Waals surface area contributed by atoms with Crippen LogP contribution in [0.5, 0.6) is 0 Å². The lowest BCUT2D eigenvalue weighted by Gasteiger charge is -2.32. The van der Waals surface area contributed by atoms with E-state index in [0.717, 1.165) is 12.8 Å². The van der Waals surface area contributed by atoms with Gasteiger partial charge in [0.1, 0.15) is 0 Å². The van der Waals surface area contributed by atoms with E-state index >= 15 is 0 Å². The average molecular weight is 741 g/mol. The molecule has 0 aliphatic carbocycles. The van der Waals surface area contributed by atoms with E-state index in [9.17, 15) is 24.0 Å². The van der Waals surface area contributed by atoms with Gasteiger partial charge in [-0.05, 0) is 65.7 Å². The van der Waals surface area contributed by atoms with Crippen molar-refractivity contribution in [3.05, 3.63) is 0 Å². The summed E-state index contributed by atoms with van der Waals surface area (Å²) in [5.74, 6) is -0.651. The third-order valence-corrected chi connectivity index (χ3v) is 9.29. The minimum Gasteiger partial charge on any atom is -0.380 e. The summed E-state index contributed by atoms with van der Waals surface area (Å²) in [5, 5.41) is 5.86. The fourth-order valence-electron chi connectivity index (χ4n) is 5.38. The summed E-state index contributed by atoms with van der Waals surface area (Å²) >= 11 is 0. The Hall–Kier alpha value is -2.61. The Kier molecular flexibility index (Phi) is 21.8. The number of likely N-dealkylation sites (tertiary alicyclic amines) is 1. The van der Waals surface area contributed by atoms with Gasteiger partial charge in [0.05, 0.1) is 31.0 Å². The van der Waals surface area contributed by atoms with Gasteiger partial charge in [0.25, 0.3) is 0 Å². The predicted octanol–water partition coefficient (Wildman–Crippen LogP) is 4.50. The second-order valence-corrected chi connectivity index (χ2v) is 16.2. The molecule has 0 radical (unpaired) electrons. The summed E-state index contributed by atoms with van der Waals surface area (Å²) in [6, 6.07) is 0. The number of rotatable bonds is 29. The quantitative estimate of drug-likeness (QED) is 0.0835. The normalized spacial score (nSPS) is 15.4. The molecule has 1 fully saturated rings. The molecule has 0 aromatic rings. The van der Waals surface area contributed by atoms with Crippen LogP contribution >= 0.6 is 0 Å². The minimum atomic E-state index is -0.639. The highest BCUT2D eigenvalue weighted by molar-refractivity contribution is 6.03. The van der Waals surface area contributed by atoms with Crippen LogP contribution in [0.25, 0.3) is 0 Å². The van der Waals surface area contributed by atoms with Gasteiger partial charge in [-0.25, -0.2) is 0 Å². The summed E-state index contributed by atoms with van der Waals surface area (Å²) in [5.41, 5.74) is -1.55. The number of nitrogens with zero attached hydrogens (tertiary/aromatic N) is 2. The van der Waals surface area contributed by atoms with Crippen LogP contribution in [0.1, 0.15) is 121 Å². The van der Waals surface area contributed by atoms with E-state index in [1.807, 2.05) is 48.5 Å². The van der Waals surface area contributed by atoms with Gasteiger partial charge in [-0.1, -0.05) is 41.5 Å². The zero-order valence-corrected chi connectivity index (χ0v) is 34.2. The van der Waals surface area contributed by atoms with Crippen LogP contribution < -0.4 is 10.6 Å². The molecule has 1 atom stereocenters. The Morgan fingerprint density at radius 1 is 0.808 bits per heavy atom. The first-order valence-electron chi connectivity index (χ1n) is 19.4. The summed E-state index contributed by atoms with van der Waals surface area (Å²) in [6.45, 7) is 24.2. The van der Waals surface area contributed by atoms with Gasteiger partial charge in [0.15, 0.2) is 0 Å². The van der Waals surface area contributed by atoms with Crippen LogP contribution in [0.3, 0.4) is 0 Å². The van der Waals surface area contributed by atoms with Crippen molar-refractivity contribution in [2.45, 2.75) is 132 Å². The molecule has 0 aromatic carbocycles. The molecule has 1 unspecified atom stereocenters. The molecule has 0 aromatic heterocycles. The zero-order valence-electron chi connectivity index (χ0n) is 34.2. The Morgan fingerprint density at radius 2 is 1.46 bits per heavy atom. The van der Waals surface area contributed by atoms with Gasteiger partial charge < -0.3 is 34.5 Å². The third kappa shape index (κ3) is 20.0. The van der Waals surface area contributed by atoms with Gasteiger partial charge in [-0.15, -0.1) is 0 Å². The topological polar surface area (TPSA) is 153 Å². The van der Waals surface area contributed by atoms with Gasteiger partial charge in [0, 0.05) is 83.1 Å². The van der Waals surface area contributed by atoms with Crippen LogP contribution in [0.15, 0.2) is 0 Å². The monoisotopic (exact) mass is 741 g/mol. The molecule has 1 saturated heterocycles. The molecule has 2 N–H and O–H groups in total. The Bertz CT molecular complexity index is 1110. The Balaban J connectivity index is 2.62. The zero-order chi connectivity index (χ0) is 39.4. The first-order valence-corrected chi connectivity index (χ1v) is 19.4. The predicted molar refractivity (Wildman–Crippen MR) is 201 cm³/mol. The number of ether oxygens (including phenoxy) is 4. The van der Waals surface area contributed by atoms with E-state index in [0.29, 0.717) is 71.2 Å². The molecule has 0 bridgehead atoms. The summed E-state index contributed by atoms with van der Waals surface area (Å²) in [4.78, 5) is 66.0. The first kappa shape index (κ1) is 47.4. The second kappa shape index (κ2) is 23.9. The Morgan fingerprint density at radius 3 is 2.10 bits per heavy atom. The highest BCUT2D eigenvalue weighted by Gasteiger charge is 2.36. The lowest BCUT2D eigenvalue weighted by Crippen LogP contribution is -2.42. The maximum atomic E-state index is 13.4. The molecular weight excluding hydrogens is 668 g/mol. The van der Waals surface area contributed by atoms with E-state index in [4.69, 9.17) is 18.9 Å². The van der Waals surface area contributed by atoms with Crippen molar-refractivity contribution in [3.8, 4) is 0 Å². The highest BCUT2D eigenvalue weighted by Crippen LogP contribution is 2.25. The second-order valence-electron chi connectivity index (χ2n) is 16.2. The molecular formula is C39H72N4O9. The molecule has 1 aliphatic heterocycles. The van der Waals surface area contributed by atoms with Crippen LogP contribution in [0.2, 0.25) is 0 Å². The van der Waals surface area contributed by atoms with E-state index in [-0.39, 0.29) is 86.6 Å². The lowest BCUT2D eigenvalue weighted by atomic mass is 9.88. The summed E-state index contributed by atoms with van der Waals surface area (Å²) in [7, 11) is 0. The number of hydrogen-bond acceptors (Lipinski definition) is 9. The van der Waals surface area contributed by atoms with Gasteiger partial charge in [-0.2, -0.15) is 0 Å². The standard InChI is InChI=1S/C39H72N4O9/c1-11-23-49-27-19-40-32(44)14-24-50-28-22-42(33(45)12-20-43-34(46)29-31(4)35(43)47)21-16-39(9,10)52-26-17-37(5,6)36(48)41-18-15-38(7,8)51-25-13-30(2)3/h30-31H,11-29H2,1-10H3,(H,40,44)(H,41,48). The van der Waals surface area contributed by atoms with E-state index < -0.39 is 11.0 Å². The van der Waals surface area contributed by atoms with E-state index in [1.54, 1.807) is 11.8 Å². The molecule has 1 aliphatic rings. The lowest BCUT2D eigenvalue weighted by molar-refractivity contribution is -0.141. The van der Waals surface area contributed by atoms with Crippen molar-refractivity contribution in [1.82, 2.24) is 20.4 Å². The van der Waals surface area contributed by atoms with Crippen molar-refractivity contribution in [2.75, 3.05) is 72.4 Å². The van der Waals surface area contributed by atoms with Crippen molar-refractivity contribution in [1.29, 1.82) is 0 Å². The molecule has 13 nitrogen and oxygen atoms in total. The molecule has 0 saturated carbocycles. The number of nitrogens with one attached hydrogen (secondary N) is 2. The van der Waals surface area contributed by atoms with Crippen LogP contribution in [0.4, 0.5) is 0 Å². The number of carbonyl (C=O) groups is 5. The van der Waals surface area contributed by atoms with E-state index in [1.165, 1.54) is 4.90 Å². The number of imide groups is 1. The van der Waals surface area contributed by atoms with Gasteiger partial charge in [0.2, 0.25) is 29.5 Å². The molecule has 5 amide bonds. The highest BCUT2D eigenvalue weighted by atomic mass is 16.5. The molecule has 52 heavy (non-hydrogen) atoms. The van der Waals surface area contributed by atoms with Crippen LogP contribution in [-0.4, -0.2) is 123 Å². The molecule has 13 heteroatoms. The van der Waals surface area contributed by atoms with Crippen molar-refractivity contribution < 1.29 is 42.9 Å². The van der Waals surface area contributed by atoms with Gasteiger partial charge >= 0.3 is 0 Å². The van der Waals surface area contributed by atoms with E-state index in [2.05, 4.69) is 24.5 Å². The molecule has 1 heterocycles. The van der Waals surface area contributed by atoms with Gasteiger partial charge in [-0.3, -0.25) is 28.9 Å². The van der Waals surface area contributed by atoms with Crippen molar-refractivity contribution >= 4 is 29.5 Å². The first-order chi connectivity index (χ1) is 24.3. The van der Waals surface area contributed by atoms with Crippen molar-refractivity contribution in [3.63, 3.8) is 0 Å². The SMILES string of the molecule is CCCOCCNC(=O)CCOCCN(CCC(C)(C)OCCC(C)(C)C(=O)NCCC(C)(C)OCCC(C)C)C(=O)CCN1C(=O)CC(C)C1=O. The maximum absolute atomic E-state index is 13.4.